The second-order valence-corrected chi connectivity index (χ2v) is 10.4. The molecule has 39 heavy (non-hydrogen) atoms. The van der Waals surface area contributed by atoms with E-state index >= 15 is 0 Å². The molecule has 11 heteroatoms. The van der Waals surface area contributed by atoms with Crippen molar-refractivity contribution in [3.63, 3.8) is 0 Å². The number of hydrogen-bond donors (Lipinski definition) is 3. The van der Waals surface area contributed by atoms with Gasteiger partial charge in [0.05, 0.1) is 23.2 Å². The summed E-state index contributed by atoms with van der Waals surface area (Å²) in [6, 6.07) is 14.8. The smallest absolute Gasteiger partial charge is 0.251 e. The van der Waals surface area contributed by atoms with Crippen LogP contribution in [0.3, 0.4) is 0 Å². The van der Waals surface area contributed by atoms with Crippen LogP contribution in [-0.2, 0) is 5.54 Å². The lowest BCUT2D eigenvalue weighted by Gasteiger charge is -2.40. The topological polar surface area (TPSA) is 121 Å². The standard InChI is InChI=1S/C28H29ClN8O2/c1-37-13-10-28(11-14-37,27-33-25(35-36-27)23-8-12-30-17-31-23)34-19-5-2-4-18(16-19)26(38)32-22-9-15-39-24-20(22)6-3-7-21(24)29/h2-8,12,16-17,22,34H,9-11,13-15H2,1H3,(H,32,38)(H,33,35,36)/t22-/m0/s1. The molecule has 1 amide bonds. The fourth-order valence-corrected chi connectivity index (χ4v) is 5.46. The Hall–Kier alpha value is -4.02. The van der Waals surface area contributed by atoms with E-state index in [4.69, 9.17) is 21.3 Å². The van der Waals surface area contributed by atoms with E-state index < -0.39 is 5.54 Å². The van der Waals surface area contributed by atoms with E-state index in [1.807, 2.05) is 36.4 Å². The van der Waals surface area contributed by atoms with Gasteiger partial charge < -0.3 is 20.3 Å². The number of para-hydroxylation sites is 1. The minimum absolute atomic E-state index is 0.153. The summed E-state index contributed by atoms with van der Waals surface area (Å²) in [5.74, 6) is 1.76. The Morgan fingerprint density at radius 1 is 1.18 bits per heavy atom. The van der Waals surface area contributed by atoms with Gasteiger partial charge in [0.25, 0.3) is 5.91 Å². The number of nitrogens with one attached hydrogen (secondary N) is 3. The van der Waals surface area contributed by atoms with Crippen LogP contribution >= 0.6 is 11.6 Å². The summed E-state index contributed by atoms with van der Waals surface area (Å²) >= 11 is 6.32. The molecule has 1 fully saturated rings. The van der Waals surface area contributed by atoms with Crippen LogP contribution in [0.5, 0.6) is 5.75 Å². The van der Waals surface area contributed by atoms with Gasteiger partial charge in [-0.25, -0.2) is 15.0 Å². The maximum Gasteiger partial charge on any atom is 0.251 e. The number of likely N-dealkylation sites (tertiary alicyclic amines) is 1. The quantitative estimate of drug-likeness (QED) is 0.330. The number of aromatic nitrogens is 5. The van der Waals surface area contributed by atoms with Crippen molar-refractivity contribution in [2.24, 2.45) is 0 Å². The van der Waals surface area contributed by atoms with E-state index in [1.165, 1.54) is 6.33 Å². The number of benzene rings is 2. The molecular formula is C28H29ClN8O2. The normalized spacial score (nSPS) is 18.6. The maximum atomic E-state index is 13.3. The van der Waals surface area contributed by atoms with Gasteiger partial charge in [0, 0.05) is 42.5 Å². The molecule has 0 bridgehead atoms. The highest BCUT2D eigenvalue weighted by molar-refractivity contribution is 6.32. The minimum atomic E-state index is -0.476. The lowest BCUT2D eigenvalue weighted by Crippen LogP contribution is -2.46. The number of rotatable bonds is 6. The summed E-state index contributed by atoms with van der Waals surface area (Å²) in [4.78, 5) is 28.7. The highest BCUT2D eigenvalue weighted by atomic mass is 35.5. The van der Waals surface area contributed by atoms with Gasteiger partial charge in [-0.3, -0.25) is 9.89 Å². The van der Waals surface area contributed by atoms with Gasteiger partial charge in [-0.2, -0.15) is 5.10 Å². The Balaban J connectivity index is 1.24. The van der Waals surface area contributed by atoms with Crippen molar-refractivity contribution in [2.45, 2.75) is 30.8 Å². The number of fused-ring (bicyclic) bond motifs is 1. The van der Waals surface area contributed by atoms with Gasteiger partial charge >= 0.3 is 0 Å². The Labute approximate surface area is 231 Å². The number of carbonyl (C=O) groups is 1. The van der Waals surface area contributed by atoms with Crippen molar-refractivity contribution in [3.05, 3.63) is 83.0 Å². The number of piperidine rings is 1. The minimum Gasteiger partial charge on any atom is -0.492 e. The first-order valence-corrected chi connectivity index (χ1v) is 13.4. The number of anilines is 1. The molecule has 2 aliphatic heterocycles. The van der Waals surface area contributed by atoms with Crippen LogP contribution in [0.1, 0.15) is 47.1 Å². The zero-order valence-electron chi connectivity index (χ0n) is 21.5. The molecule has 0 unspecified atom stereocenters. The molecule has 6 rings (SSSR count). The molecule has 1 atom stereocenters. The van der Waals surface area contributed by atoms with Gasteiger partial charge in [-0.15, -0.1) is 0 Å². The SMILES string of the molecule is CN1CCC(Nc2cccc(C(=O)N[C@H]3CCOc4c(Cl)cccc43)c2)(c2nc(-c3ccncn3)n[nH]2)CC1. The lowest BCUT2D eigenvalue weighted by atomic mass is 9.86. The van der Waals surface area contributed by atoms with Crippen LogP contribution in [0.25, 0.3) is 11.5 Å². The lowest BCUT2D eigenvalue weighted by molar-refractivity contribution is 0.0925. The first-order valence-electron chi connectivity index (χ1n) is 13.0. The van der Waals surface area contributed by atoms with Gasteiger partial charge in [-0.1, -0.05) is 29.8 Å². The number of nitrogens with zero attached hydrogens (tertiary/aromatic N) is 5. The summed E-state index contributed by atoms with van der Waals surface area (Å²) in [7, 11) is 2.11. The number of aromatic amines is 1. The Morgan fingerprint density at radius 3 is 2.85 bits per heavy atom. The average Bonchev–Trinajstić information content (AvgIpc) is 3.47. The number of amides is 1. The molecule has 0 saturated carbocycles. The number of ether oxygens (including phenoxy) is 1. The Morgan fingerprint density at radius 2 is 2.03 bits per heavy atom. The summed E-state index contributed by atoms with van der Waals surface area (Å²) in [5, 5.41) is 15.0. The van der Waals surface area contributed by atoms with Crippen molar-refractivity contribution in [2.75, 3.05) is 32.1 Å². The van der Waals surface area contributed by atoms with Gasteiger partial charge in [0.1, 0.15) is 17.8 Å². The third-order valence-corrected chi connectivity index (χ3v) is 7.73. The molecule has 2 aromatic heterocycles. The summed E-state index contributed by atoms with van der Waals surface area (Å²) in [6.45, 7) is 2.28. The van der Waals surface area contributed by atoms with Crippen molar-refractivity contribution >= 4 is 23.2 Å². The summed E-state index contributed by atoms with van der Waals surface area (Å²) in [6.07, 6.45) is 5.47. The molecule has 3 N–H and O–H groups in total. The van der Waals surface area contributed by atoms with Gasteiger partial charge in [0.2, 0.25) is 0 Å². The van der Waals surface area contributed by atoms with Gasteiger partial charge in [0.15, 0.2) is 11.6 Å². The van der Waals surface area contributed by atoms with E-state index in [0.717, 1.165) is 43.0 Å². The number of H-pyrrole nitrogens is 1. The third-order valence-electron chi connectivity index (χ3n) is 7.43. The van der Waals surface area contributed by atoms with Crippen molar-refractivity contribution in [1.82, 2.24) is 35.4 Å². The molecule has 10 nitrogen and oxygen atoms in total. The Bertz CT molecular complexity index is 1470. The molecule has 4 aromatic rings. The van der Waals surface area contributed by atoms with E-state index in [9.17, 15) is 4.79 Å². The van der Waals surface area contributed by atoms with E-state index in [1.54, 1.807) is 18.3 Å². The number of halogens is 1. The first kappa shape index (κ1) is 25.3. The van der Waals surface area contributed by atoms with Crippen LogP contribution in [0.15, 0.2) is 61.1 Å². The molecule has 4 heterocycles. The van der Waals surface area contributed by atoms with Crippen molar-refractivity contribution < 1.29 is 9.53 Å². The van der Waals surface area contributed by atoms with Crippen molar-refractivity contribution in [1.29, 1.82) is 0 Å². The summed E-state index contributed by atoms with van der Waals surface area (Å²) < 4.78 is 5.75. The van der Waals surface area contributed by atoms with Crippen LogP contribution in [0.2, 0.25) is 5.02 Å². The zero-order valence-corrected chi connectivity index (χ0v) is 22.3. The molecule has 200 valence electrons. The Kier molecular flexibility index (Phi) is 6.88. The zero-order chi connectivity index (χ0) is 26.8. The molecule has 2 aliphatic rings. The molecule has 0 radical (unpaired) electrons. The molecule has 0 spiro atoms. The van der Waals surface area contributed by atoms with E-state index in [0.29, 0.717) is 40.9 Å². The predicted molar refractivity (Wildman–Crippen MR) is 148 cm³/mol. The first-order chi connectivity index (χ1) is 19.0. The highest BCUT2D eigenvalue weighted by Gasteiger charge is 2.39. The van der Waals surface area contributed by atoms with Crippen molar-refractivity contribution in [3.8, 4) is 17.3 Å². The second kappa shape index (κ2) is 10.6. The maximum absolute atomic E-state index is 13.3. The van der Waals surface area contributed by atoms with E-state index in [2.05, 4.69) is 42.7 Å². The second-order valence-electron chi connectivity index (χ2n) is 10.0. The van der Waals surface area contributed by atoms with Crippen LogP contribution in [-0.4, -0.2) is 62.7 Å². The molecular weight excluding hydrogens is 516 g/mol. The van der Waals surface area contributed by atoms with Crippen LogP contribution in [0, 0.1) is 0 Å². The largest absolute Gasteiger partial charge is 0.492 e. The highest BCUT2D eigenvalue weighted by Crippen LogP contribution is 2.38. The van der Waals surface area contributed by atoms with Crippen LogP contribution < -0.4 is 15.4 Å². The summed E-state index contributed by atoms with van der Waals surface area (Å²) in [5.41, 5.74) is 2.48. The average molecular weight is 545 g/mol. The third kappa shape index (κ3) is 5.17. The van der Waals surface area contributed by atoms with Crippen LogP contribution in [0.4, 0.5) is 5.69 Å². The number of hydrogen-bond acceptors (Lipinski definition) is 8. The number of carbonyl (C=O) groups excluding carboxylic acids is 1. The fourth-order valence-electron chi connectivity index (χ4n) is 5.23. The van der Waals surface area contributed by atoms with E-state index in [-0.39, 0.29) is 11.9 Å². The van der Waals surface area contributed by atoms with Gasteiger partial charge in [-0.05, 0) is 50.2 Å². The fraction of sp³-hybridized carbons (Fsp3) is 0.321. The molecule has 0 aliphatic carbocycles. The predicted octanol–water partition coefficient (Wildman–Crippen LogP) is 4.20. The monoisotopic (exact) mass is 544 g/mol. The molecule has 1 saturated heterocycles. The molecule has 2 aromatic carbocycles.